The molecule has 33 heavy (non-hydrogen) atoms. The van der Waals surface area contributed by atoms with Crippen molar-refractivity contribution in [2.24, 2.45) is 11.8 Å². The maximum absolute atomic E-state index is 12.5. The van der Waals surface area contributed by atoms with Crippen molar-refractivity contribution in [3.05, 3.63) is 68.2 Å². The number of halogens is 2. The first-order valence-corrected chi connectivity index (χ1v) is 11.9. The van der Waals surface area contributed by atoms with Crippen LogP contribution in [0.15, 0.2) is 42.5 Å². The lowest BCUT2D eigenvalue weighted by molar-refractivity contribution is -0.384. The third-order valence-electron chi connectivity index (χ3n) is 6.11. The van der Waals surface area contributed by atoms with E-state index >= 15 is 0 Å². The SMILES string of the molecule is CC(C)C(CN1CCC(Cc2ccc(Cl)c(Cl)c2)CC1)NC(=O)Nc1cccc([N+](=O)[O-])c1. The highest BCUT2D eigenvalue weighted by molar-refractivity contribution is 6.42. The summed E-state index contributed by atoms with van der Waals surface area (Å²) in [6, 6.07) is 11.4. The zero-order chi connectivity index (χ0) is 24.0. The number of piperidine rings is 1. The molecular formula is C24H30Cl2N4O3. The topological polar surface area (TPSA) is 87.5 Å². The van der Waals surface area contributed by atoms with Gasteiger partial charge < -0.3 is 15.5 Å². The maximum atomic E-state index is 12.5. The van der Waals surface area contributed by atoms with Crippen LogP contribution in [0.4, 0.5) is 16.2 Å². The minimum Gasteiger partial charge on any atom is -0.334 e. The van der Waals surface area contributed by atoms with E-state index in [4.69, 9.17) is 23.2 Å². The summed E-state index contributed by atoms with van der Waals surface area (Å²) in [7, 11) is 0. The number of rotatable bonds is 8. The fourth-order valence-corrected chi connectivity index (χ4v) is 4.43. The molecule has 7 nitrogen and oxygen atoms in total. The van der Waals surface area contributed by atoms with Crippen LogP contribution < -0.4 is 10.6 Å². The van der Waals surface area contributed by atoms with Gasteiger partial charge in [-0.2, -0.15) is 0 Å². The molecule has 2 N–H and O–H groups in total. The average molecular weight is 493 g/mol. The number of urea groups is 1. The number of nitrogens with zero attached hydrogens (tertiary/aromatic N) is 2. The first kappa shape index (κ1) is 25.3. The van der Waals surface area contributed by atoms with Gasteiger partial charge in [0.2, 0.25) is 0 Å². The van der Waals surface area contributed by atoms with Crippen LogP contribution in [0.1, 0.15) is 32.3 Å². The van der Waals surface area contributed by atoms with E-state index in [0.717, 1.165) is 38.9 Å². The Labute approximate surface area is 204 Å². The van der Waals surface area contributed by atoms with Crippen molar-refractivity contribution in [2.75, 3.05) is 25.0 Å². The molecule has 0 spiro atoms. The maximum Gasteiger partial charge on any atom is 0.319 e. The number of amides is 2. The molecule has 2 aromatic carbocycles. The molecule has 0 aliphatic carbocycles. The number of nitro groups is 1. The highest BCUT2D eigenvalue weighted by Gasteiger charge is 2.24. The van der Waals surface area contributed by atoms with Gasteiger partial charge in [-0.1, -0.05) is 49.2 Å². The van der Waals surface area contributed by atoms with E-state index in [2.05, 4.69) is 29.4 Å². The number of hydrogen-bond donors (Lipinski definition) is 2. The fraction of sp³-hybridized carbons (Fsp3) is 0.458. The van der Waals surface area contributed by atoms with Crippen molar-refractivity contribution in [1.82, 2.24) is 10.2 Å². The van der Waals surface area contributed by atoms with Crippen LogP contribution in [0.2, 0.25) is 10.0 Å². The summed E-state index contributed by atoms with van der Waals surface area (Å²) in [5.41, 5.74) is 1.55. The lowest BCUT2D eigenvalue weighted by Gasteiger charge is -2.35. The van der Waals surface area contributed by atoms with Gasteiger partial charge in [0.15, 0.2) is 0 Å². The normalized spacial score (nSPS) is 15.9. The molecule has 3 rings (SSSR count). The van der Waals surface area contributed by atoms with E-state index in [-0.39, 0.29) is 23.7 Å². The second-order valence-corrected chi connectivity index (χ2v) is 9.77. The van der Waals surface area contributed by atoms with Crippen LogP contribution >= 0.6 is 23.2 Å². The van der Waals surface area contributed by atoms with Gasteiger partial charge in [0.05, 0.1) is 15.0 Å². The predicted octanol–water partition coefficient (Wildman–Crippen LogP) is 6.00. The van der Waals surface area contributed by atoms with Gasteiger partial charge in [0.1, 0.15) is 0 Å². The number of anilines is 1. The number of hydrogen-bond acceptors (Lipinski definition) is 4. The summed E-state index contributed by atoms with van der Waals surface area (Å²) in [5.74, 6) is 0.843. The summed E-state index contributed by atoms with van der Waals surface area (Å²) < 4.78 is 0. The lowest BCUT2D eigenvalue weighted by atomic mass is 9.89. The van der Waals surface area contributed by atoms with Gasteiger partial charge >= 0.3 is 6.03 Å². The van der Waals surface area contributed by atoms with Crippen molar-refractivity contribution in [3.8, 4) is 0 Å². The van der Waals surface area contributed by atoms with Crippen molar-refractivity contribution < 1.29 is 9.72 Å². The zero-order valence-electron chi connectivity index (χ0n) is 18.9. The van der Waals surface area contributed by atoms with Gasteiger partial charge in [0.25, 0.3) is 5.69 Å². The van der Waals surface area contributed by atoms with Crippen LogP contribution in [0, 0.1) is 22.0 Å². The minimum absolute atomic E-state index is 0.0321. The fourth-order valence-electron chi connectivity index (χ4n) is 4.11. The number of nitrogens with one attached hydrogen (secondary N) is 2. The Balaban J connectivity index is 1.49. The molecule has 2 amide bonds. The van der Waals surface area contributed by atoms with Crippen molar-refractivity contribution in [1.29, 1.82) is 0 Å². The molecular weight excluding hydrogens is 463 g/mol. The van der Waals surface area contributed by atoms with Gasteiger partial charge in [-0.15, -0.1) is 0 Å². The molecule has 2 aromatic rings. The number of carbonyl (C=O) groups excluding carboxylic acids is 1. The molecule has 0 aromatic heterocycles. The summed E-state index contributed by atoms with van der Waals surface area (Å²) in [5, 5.41) is 17.9. The first-order valence-electron chi connectivity index (χ1n) is 11.2. The van der Waals surface area contributed by atoms with Crippen molar-refractivity contribution in [2.45, 2.75) is 39.2 Å². The van der Waals surface area contributed by atoms with Crippen LogP contribution in [-0.2, 0) is 6.42 Å². The first-order chi connectivity index (χ1) is 15.7. The van der Waals surface area contributed by atoms with Gasteiger partial charge in [-0.05, 0) is 68.0 Å². The number of carbonyl (C=O) groups is 1. The largest absolute Gasteiger partial charge is 0.334 e. The van der Waals surface area contributed by atoms with Gasteiger partial charge in [-0.3, -0.25) is 10.1 Å². The molecule has 1 saturated heterocycles. The predicted molar refractivity (Wildman–Crippen MR) is 133 cm³/mol. The third kappa shape index (κ3) is 7.59. The number of benzene rings is 2. The molecule has 1 fully saturated rings. The number of nitro benzene ring substituents is 1. The summed E-state index contributed by atoms with van der Waals surface area (Å²) >= 11 is 12.2. The molecule has 0 radical (unpaired) electrons. The highest BCUT2D eigenvalue weighted by Crippen LogP contribution is 2.27. The Morgan fingerprint density at radius 1 is 1.15 bits per heavy atom. The smallest absolute Gasteiger partial charge is 0.319 e. The van der Waals surface area contributed by atoms with Crippen molar-refractivity contribution in [3.63, 3.8) is 0 Å². The molecule has 1 heterocycles. The van der Waals surface area contributed by atoms with Crippen LogP contribution in [-0.4, -0.2) is 41.5 Å². The molecule has 9 heteroatoms. The molecule has 1 unspecified atom stereocenters. The van der Waals surface area contributed by atoms with Crippen LogP contribution in [0.5, 0.6) is 0 Å². The Hall–Kier alpha value is -2.35. The Bertz CT molecular complexity index is 978. The minimum atomic E-state index is -0.481. The molecule has 1 aliphatic rings. The highest BCUT2D eigenvalue weighted by atomic mass is 35.5. The van der Waals surface area contributed by atoms with Crippen LogP contribution in [0.25, 0.3) is 0 Å². The lowest BCUT2D eigenvalue weighted by Crippen LogP contribution is -2.49. The van der Waals surface area contributed by atoms with Gasteiger partial charge in [-0.25, -0.2) is 4.79 Å². The summed E-state index contributed by atoms with van der Waals surface area (Å²) in [6.45, 7) is 6.87. The standard InChI is InChI=1S/C24H30Cl2N4O3/c1-16(2)23(28-24(31)27-19-4-3-5-20(14-19)30(32)33)15-29-10-8-17(9-11-29)12-18-6-7-21(25)22(26)13-18/h3-7,13-14,16-17,23H,8-12,15H2,1-2H3,(H2,27,28,31). The average Bonchev–Trinajstić information content (AvgIpc) is 2.77. The monoisotopic (exact) mass is 492 g/mol. The second-order valence-electron chi connectivity index (χ2n) is 8.95. The molecule has 0 bridgehead atoms. The van der Waals surface area contributed by atoms with E-state index in [9.17, 15) is 14.9 Å². The molecule has 1 aliphatic heterocycles. The van der Waals surface area contributed by atoms with Crippen molar-refractivity contribution >= 4 is 40.6 Å². The number of likely N-dealkylation sites (tertiary alicyclic amines) is 1. The summed E-state index contributed by atoms with van der Waals surface area (Å²) in [6.07, 6.45) is 3.16. The third-order valence-corrected chi connectivity index (χ3v) is 6.85. The molecule has 0 saturated carbocycles. The van der Waals surface area contributed by atoms with E-state index < -0.39 is 4.92 Å². The number of non-ortho nitro benzene ring substituents is 1. The summed E-state index contributed by atoms with van der Waals surface area (Å²) in [4.78, 5) is 25.4. The van der Waals surface area contributed by atoms with E-state index in [1.165, 1.54) is 17.7 Å². The van der Waals surface area contributed by atoms with E-state index in [1.807, 2.05) is 18.2 Å². The Morgan fingerprint density at radius 2 is 1.88 bits per heavy atom. The zero-order valence-corrected chi connectivity index (χ0v) is 20.4. The Kier molecular flexibility index (Phi) is 8.95. The van der Waals surface area contributed by atoms with E-state index in [1.54, 1.807) is 12.1 Å². The Morgan fingerprint density at radius 3 is 2.52 bits per heavy atom. The molecule has 178 valence electrons. The van der Waals surface area contributed by atoms with E-state index in [0.29, 0.717) is 21.7 Å². The quantitative estimate of drug-likeness (QED) is 0.349. The second kappa shape index (κ2) is 11.7. The van der Waals surface area contributed by atoms with Crippen LogP contribution in [0.3, 0.4) is 0 Å². The molecule has 1 atom stereocenters. The van der Waals surface area contributed by atoms with Gasteiger partial charge in [0, 0.05) is 30.4 Å².